The van der Waals surface area contributed by atoms with E-state index in [0.717, 1.165) is 11.0 Å². The van der Waals surface area contributed by atoms with E-state index in [2.05, 4.69) is 0 Å². The van der Waals surface area contributed by atoms with Crippen LogP contribution in [0, 0.1) is 5.82 Å². The minimum Gasteiger partial charge on any atom is -0.347 e. The first kappa shape index (κ1) is 15.8. The normalized spacial score (nSPS) is 14.8. The molecule has 1 atom stereocenters. The number of imide groups is 1. The van der Waals surface area contributed by atoms with Crippen LogP contribution in [0.5, 0.6) is 0 Å². The number of rotatable bonds is 5. The van der Waals surface area contributed by atoms with Gasteiger partial charge in [0.25, 0.3) is 11.8 Å². The maximum absolute atomic E-state index is 13.8. The highest BCUT2D eigenvalue weighted by Gasteiger charge is 2.44. The molecule has 0 spiro atoms. The second-order valence-corrected chi connectivity index (χ2v) is 5.14. The minimum absolute atomic E-state index is 0.00754. The van der Waals surface area contributed by atoms with E-state index < -0.39 is 29.6 Å². The maximum Gasteiger partial charge on any atom is 0.265 e. The molecule has 0 bridgehead atoms. The molecule has 116 valence electrons. The lowest BCUT2D eigenvalue weighted by Gasteiger charge is -2.27. The predicted octanol–water partition coefficient (Wildman–Crippen LogP) is 0.858. The summed E-state index contributed by atoms with van der Waals surface area (Å²) in [5, 5.41) is 0. The van der Waals surface area contributed by atoms with Crippen molar-refractivity contribution in [3.05, 3.63) is 35.1 Å². The van der Waals surface area contributed by atoms with Crippen LogP contribution in [0.1, 0.15) is 33.6 Å². The van der Waals surface area contributed by atoms with Crippen molar-refractivity contribution < 1.29 is 23.6 Å². The van der Waals surface area contributed by atoms with E-state index in [0.29, 0.717) is 6.29 Å². The largest absolute Gasteiger partial charge is 0.347 e. The first-order valence-electron chi connectivity index (χ1n) is 6.71. The predicted molar refractivity (Wildman–Crippen MR) is 74.7 cm³/mol. The van der Waals surface area contributed by atoms with Gasteiger partial charge in [-0.1, -0.05) is 6.07 Å². The third kappa shape index (κ3) is 2.49. The van der Waals surface area contributed by atoms with E-state index in [-0.39, 0.29) is 24.0 Å². The highest BCUT2D eigenvalue weighted by molar-refractivity contribution is 6.23. The van der Waals surface area contributed by atoms with Crippen LogP contribution in [-0.4, -0.2) is 53.9 Å². The number of carbonyl (C=O) groups is 4. The lowest BCUT2D eigenvalue weighted by molar-refractivity contribution is -0.133. The van der Waals surface area contributed by atoms with Crippen molar-refractivity contribution in [1.82, 2.24) is 9.80 Å². The molecule has 0 aromatic heterocycles. The van der Waals surface area contributed by atoms with Crippen molar-refractivity contribution in [3.63, 3.8) is 0 Å². The SMILES string of the molecule is CN(C)C(=O)C(CCC=O)N1C(=O)c2cccc(F)c2C1=O. The molecule has 7 heteroatoms. The molecule has 1 unspecified atom stereocenters. The van der Waals surface area contributed by atoms with Crippen molar-refractivity contribution in [2.45, 2.75) is 18.9 Å². The summed E-state index contributed by atoms with van der Waals surface area (Å²) in [7, 11) is 2.96. The first-order chi connectivity index (χ1) is 10.4. The third-order valence-corrected chi connectivity index (χ3v) is 3.49. The number of carbonyl (C=O) groups excluding carboxylic acids is 4. The Kier molecular flexibility index (Phi) is 4.35. The van der Waals surface area contributed by atoms with Crippen molar-refractivity contribution in [2.24, 2.45) is 0 Å². The van der Waals surface area contributed by atoms with Gasteiger partial charge in [-0.3, -0.25) is 19.3 Å². The van der Waals surface area contributed by atoms with Gasteiger partial charge in [-0.15, -0.1) is 0 Å². The third-order valence-electron chi connectivity index (χ3n) is 3.49. The summed E-state index contributed by atoms with van der Waals surface area (Å²) in [5.74, 6) is -2.85. The molecular formula is C15H15FN2O4. The summed E-state index contributed by atoms with van der Waals surface area (Å²) in [6.45, 7) is 0. The van der Waals surface area contributed by atoms with Crippen LogP contribution in [0.2, 0.25) is 0 Å². The summed E-state index contributed by atoms with van der Waals surface area (Å²) < 4.78 is 13.8. The second kappa shape index (κ2) is 6.05. The van der Waals surface area contributed by atoms with Crippen LogP contribution >= 0.6 is 0 Å². The summed E-state index contributed by atoms with van der Waals surface area (Å²) in [5.41, 5.74) is -0.386. The molecule has 0 fully saturated rings. The molecule has 2 rings (SSSR count). The molecule has 0 saturated heterocycles. The monoisotopic (exact) mass is 306 g/mol. The number of nitrogens with zero attached hydrogens (tertiary/aromatic N) is 2. The Balaban J connectivity index is 2.44. The first-order valence-corrected chi connectivity index (χ1v) is 6.71. The second-order valence-electron chi connectivity index (χ2n) is 5.14. The zero-order valence-corrected chi connectivity index (χ0v) is 12.2. The molecular weight excluding hydrogens is 291 g/mol. The number of aldehydes is 1. The van der Waals surface area contributed by atoms with Crippen molar-refractivity contribution in [1.29, 1.82) is 0 Å². The Morgan fingerprint density at radius 2 is 2.00 bits per heavy atom. The fourth-order valence-corrected chi connectivity index (χ4v) is 2.43. The van der Waals surface area contributed by atoms with Crippen LogP contribution in [-0.2, 0) is 9.59 Å². The van der Waals surface area contributed by atoms with Gasteiger partial charge in [-0.2, -0.15) is 0 Å². The number of fused-ring (bicyclic) bond motifs is 1. The van der Waals surface area contributed by atoms with E-state index in [1.54, 1.807) is 0 Å². The molecule has 1 aromatic carbocycles. The zero-order valence-electron chi connectivity index (χ0n) is 12.2. The van der Waals surface area contributed by atoms with Gasteiger partial charge in [0.1, 0.15) is 18.1 Å². The number of hydrogen-bond acceptors (Lipinski definition) is 4. The summed E-state index contributed by atoms with van der Waals surface area (Å²) in [4.78, 5) is 49.5. The van der Waals surface area contributed by atoms with E-state index >= 15 is 0 Å². The molecule has 1 heterocycles. The van der Waals surface area contributed by atoms with Gasteiger partial charge < -0.3 is 9.69 Å². The Morgan fingerprint density at radius 3 is 2.55 bits per heavy atom. The van der Waals surface area contributed by atoms with Crippen molar-refractivity contribution in [2.75, 3.05) is 14.1 Å². The number of likely N-dealkylation sites (N-methyl/N-ethyl adjacent to an activating group) is 1. The van der Waals surface area contributed by atoms with Crippen LogP contribution in [0.4, 0.5) is 4.39 Å². The standard InChI is InChI=1S/C15H15FN2O4/c1-17(2)14(21)11(7-4-8-19)18-13(20)9-5-3-6-10(16)12(9)15(18)22/h3,5-6,8,11H,4,7H2,1-2H3. The molecule has 22 heavy (non-hydrogen) atoms. The zero-order chi connectivity index (χ0) is 16.4. The lowest BCUT2D eigenvalue weighted by atomic mass is 10.1. The Bertz CT molecular complexity index is 657. The van der Waals surface area contributed by atoms with E-state index in [9.17, 15) is 23.6 Å². The number of benzene rings is 1. The van der Waals surface area contributed by atoms with Gasteiger partial charge in [-0.05, 0) is 18.6 Å². The summed E-state index contributed by atoms with van der Waals surface area (Å²) >= 11 is 0. The average Bonchev–Trinajstić information content (AvgIpc) is 2.73. The van der Waals surface area contributed by atoms with Crippen LogP contribution in [0.15, 0.2) is 18.2 Å². The molecule has 1 aliphatic heterocycles. The van der Waals surface area contributed by atoms with Gasteiger partial charge in [0.2, 0.25) is 5.91 Å². The topological polar surface area (TPSA) is 74.8 Å². The van der Waals surface area contributed by atoms with Gasteiger partial charge >= 0.3 is 0 Å². The van der Waals surface area contributed by atoms with Crippen LogP contribution in [0.25, 0.3) is 0 Å². The van der Waals surface area contributed by atoms with Gasteiger partial charge in [0, 0.05) is 20.5 Å². The van der Waals surface area contributed by atoms with E-state index in [1.165, 1.54) is 31.1 Å². The molecule has 6 nitrogen and oxygen atoms in total. The smallest absolute Gasteiger partial charge is 0.265 e. The van der Waals surface area contributed by atoms with Crippen molar-refractivity contribution >= 4 is 24.0 Å². The highest BCUT2D eigenvalue weighted by Crippen LogP contribution is 2.28. The Hall–Kier alpha value is -2.57. The van der Waals surface area contributed by atoms with Crippen molar-refractivity contribution in [3.8, 4) is 0 Å². The molecule has 1 aromatic rings. The van der Waals surface area contributed by atoms with Crippen LogP contribution < -0.4 is 0 Å². The molecule has 0 saturated carbocycles. The molecule has 1 aliphatic rings. The summed E-state index contributed by atoms with van der Waals surface area (Å²) in [6, 6.07) is 2.64. The highest BCUT2D eigenvalue weighted by atomic mass is 19.1. The van der Waals surface area contributed by atoms with Crippen LogP contribution in [0.3, 0.4) is 0 Å². The minimum atomic E-state index is -1.12. The van der Waals surface area contributed by atoms with E-state index in [1.807, 2.05) is 0 Å². The molecule has 3 amide bonds. The van der Waals surface area contributed by atoms with Gasteiger partial charge in [-0.25, -0.2) is 4.39 Å². The molecule has 0 aliphatic carbocycles. The van der Waals surface area contributed by atoms with Gasteiger partial charge in [0.15, 0.2) is 0 Å². The number of amides is 3. The molecule has 0 radical (unpaired) electrons. The fourth-order valence-electron chi connectivity index (χ4n) is 2.43. The quantitative estimate of drug-likeness (QED) is 0.597. The number of halogens is 1. The summed E-state index contributed by atoms with van der Waals surface area (Å²) in [6.07, 6.45) is 0.627. The fraction of sp³-hybridized carbons (Fsp3) is 0.333. The maximum atomic E-state index is 13.8. The Labute approximate surface area is 126 Å². The average molecular weight is 306 g/mol. The Morgan fingerprint density at radius 1 is 1.32 bits per heavy atom. The molecule has 0 N–H and O–H groups in total. The van der Waals surface area contributed by atoms with E-state index in [4.69, 9.17) is 0 Å². The number of hydrogen-bond donors (Lipinski definition) is 0. The van der Waals surface area contributed by atoms with Gasteiger partial charge in [0.05, 0.1) is 11.1 Å². The lowest BCUT2D eigenvalue weighted by Crippen LogP contribution is -2.49.